The first-order valence-corrected chi connectivity index (χ1v) is 12.9. The number of methoxy groups -OCH3 is 2. The first kappa shape index (κ1) is 27.7. The Balaban J connectivity index is 2.79. The van der Waals surface area contributed by atoms with Crippen LogP contribution in [0.15, 0.2) is 24.3 Å². The molecule has 0 N–H and O–H groups in total. The Labute approximate surface area is 205 Å². The molecule has 2 nitrogen and oxygen atoms in total. The number of hydrogen-bond acceptors (Lipinski definition) is 2. The fourth-order valence-corrected chi connectivity index (χ4v) is 5.25. The van der Waals surface area contributed by atoms with Crippen molar-refractivity contribution < 1.29 is 9.47 Å². The molecule has 0 bridgehead atoms. The second kappa shape index (κ2) is 9.26. The maximum Gasteiger partial charge on any atom is 0.126 e. The molecule has 0 heterocycles. The van der Waals surface area contributed by atoms with Gasteiger partial charge in [0, 0.05) is 22.3 Å². The van der Waals surface area contributed by atoms with E-state index >= 15 is 0 Å². The van der Waals surface area contributed by atoms with Crippen molar-refractivity contribution in [2.75, 3.05) is 14.2 Å². The van der Waals surface area contributed by atoms with Gasteiger partial charge in [0.1, 0.15) is 11.5 Å². The molecule has 2 aromatic carbocycles. The first-order valence-electron chi connectivity index (χ1n) is 12.0. The van der Waals surface area contributed by atoms with Gasteiger partial charge in [-0.05, 0) is 65.1 Å². The van der Waals surface area contributed by atoms with Crippen molar-refractivity contribution in [3.05, 3.63) is 46.5 Å². The van der Waals surface area contributed by atoms with E-state index in [1.54, 1.807) is 14.2 Å². The minimum absolute atomic E-state index is 0.01000. The zero-order valence-corrected chi connectivity index (χ0v) is 24.5. The number of benzene rings is 2. The lowest BCUT2D eigenvalue weighted by atomic mass is 9.79. The summed E-state index contributed by atoms with van der Waals surface area (Å²) in [5, 5.41) is 2.60. The highest BCUT2D eigenvalue weighted by Gasteiger charge is 2.30. The van der Waals surface area contributed by atoms with Crippen LogP contribution in [0.2, 0.25) is 0 Å². The average molecular weight is 470 g/mol. The molecule has 0 aromatic heterocycles. The highest BCUT2D eigenvalue weighted by Crippen LogP contribution is 2.42. The van der Waals surface area contributed by atoms with Crippen molar-refractivity contribution >= 4 is 19.2 Å². The minimum Gasteiger partial charge on any atom is -0.496 e. The summed E-state index contributed by atoms with van der Waals surface area (Å²) in [6, 6.07) is 9.36. The molecule has 0 fully saturated rings. The van der Waals surface area contributed by atoms with Gasteiger partial charge in [-0.1, -0.05) is 83.1 Å². The first-order chi connectivity index (χ1) is 14.8. The molecule has 0 atom stereocenters. The van der Waals surface area contributed by atoms with Crippen LogP contribution in [0.25, 0.3) is 0 Å². The minimum atomic E-state index is -0.01000. The van der Waals surface area contributed by atoms with Gasteiger partial charge in [0.25, 0.3) is 0 Å². The van der Waals surface area contributed by atoms with Gasteiger partial charge in [-0.25, -0.2) is 0 Å². The lowest BCUT2D eigenvalue weighted by molar-refractivity contribution is 0.381. The summed E-state index contributed by atoms with van der Waals surface area (Å²) < 4.78 is 11.9. The van der Waals surface area contributed by atoms with Gasteiger partial charge in [-0.15, -0.1) is 0 Å². The van der Waals surface area contributed by atoms with E-state index in [2.05, 4.69) is 107 Å². The van der Waals surface area contributed by atoms with Gasteiger partial charge in [0.15, 0.2) is 0 Å². The van der Waals surface area contributed by atoms with E-state index in [-0.39, 0.29) is 21.7 Å². The fourth-order valence-electron chi connectivity index (χ4n) is 4.17. The molecule has 0 unspecified atom stereocenters. The van der Waals surface area contributed by atoms with Crippen LogP contribution in [-0.4, -0.2) is 14.2 Å². The lowest BCUT2D eigenvalue weighted by Gasteiger charge is -2.31. The molecular weight excluding hydrogens is 423 g/mol. The van der Waals surface area contributed by atoms with E-state index < -0.39 is 0 Å². The summed E-state index contributed by atoms with van der Waals surface area (Å²) in [5.41, 5.74) is 5.02. The number of hydrogen-bond donors (Lipinski definition) is 0. The summed E-state index contributed by atoms with van der Waals surface area (Å²) in [7, 11) is 4.79. The summed E-state index contributed by atoms with van der Waals surface area (Å²) >= 11 is 0. The summed E-state index contributed by atoms with van der Waals surface area (Å²) in [6.07, 6.45) is 0. The number of rotatable bonds is 4. The van der Waals surface area contributed by atoms with E-state index in [1.807, 2.05) is 0 Å². The Hall–Kier alpha value is -1.53. The van der Waals surface area contributed by atoms with Crippen molar-refractivity contribution in [2.45, 2.75) is 105 Å². The smallest absolute Gasteiger partial charge is 0.126 e. The third-order valence-corrected chi connectivity index (χ3v) is 7.08. The maximum atomic E-state index is 5.97. The molecule has 3 heteroatoms. The summed E-state index contributed by atoms with van der Waals surface area (Å²) in [6.45, 7) is 27.2. The standard InChI is InChI=1S/C30H46O2P/c1-27(2,3)21-15-19(16-22(25(21)31-13)28(4,5)6)33-20-17-23(29(7,8)9)26(32-14)24(18-20)30(10,11)12/h15-18H,1-14H3. The topological polar surface area (TPSA) is 18.5 Å². The van der Waals surface area contributed by atoms with Gasteiger partial charge in [0.05, 0.1) is 14.2 Å². The summed E-state index contributed by atoms with van der Waals surface area (Å²) in [5.74, 6) is 2.05. The predicted molar refractivity (Wildman–Crippen MR) is 147 cm³/mol. The molecule has 0 aliphatic carbocycles. The predicted octanol–water partition coefficient (Wildman–Crippen LogP) is 7.79. The molecule has 1 radical (unpaired) electrons. The van der Waals surface area contributed by atoms with E-state index in [9.17, 15) is 0 Å². The van der Waals surface area contributed by atoms with E-state index in [1.165, 1.54) is 41.4 Å². The zero-order valence-electron chi connectivity index (χ0n) is 23.6. The molecule has 0 saturated carbocycles. The third kappa shape index (κ3) is 6.33. The summed E-state index contributed by atoms with van der Waals surface area (Å²) in [4.78, 5) is 0. The normalized spacial score (nSPS) is 13.3. The Morgan fingerprint density at radius 3 is 0.818 bits per heavy atom. The third-order valence-electron chi connectivity index (χ3n) is 6.05. The van der Waals surface area contributed by atoms with Crippen molar-refractivity contribution in [2.24, 2.45) is 0 Å². The van der Waals surface area contributed by atoms with Gasteiger partial charge < -0.3 is 9.47 Å². The highest BCUT2D eigenvalue weighted by atomic mass is 31.1. The van der Waals surface area contributed by atoms with Gasteiger partial charge in [-0.2, -0.15) is 0 Å². The van der Waals surface area contributed by atoms with Crippen LogP contribution in [0.1, 0.15) is 105 Å². The highest BCUT2D eigenvalue weighted by molar-refractivity contribution is 7.55. The van der Waals surface area contributed by atoms with Crippen LogP contribution in [0.3, 0.4) is 0 Å². The molecule has 183 valence electrons. The molecule has 0 saturated heterocycles. The van der Waals surface area contributed by atoms with Crippen molar-refractivity contribution in [1.82, 2.24) is 0 Å². The molecule has 33 heavy (non-hydrogen) atoms. The van der Waals surface area contributed by atoms with E-state index in [4.69, 9.17) is 9.47 Å². The van der Waals surface area contributed by atoms with Gasteiger partial charge in [0.2, 0.25) is 0 Å². The number of ether oxygens (including phenoxy) is 2. The molecule has 0 aliphatic heterocycles. The van der Waals surface area contributed by atoms with Crippen molar-refractivity contribution in [3.8, 4) is 11.5 Å². The second-order valence-corrected chi connectivity index (χ2v) is 14.5. The molecule has 0 aliphatic rings. The van der Waals surface area contributed by atoms with Crippen LogP contribution >= 0.6 is 8.58 Å². The van der Waals surface area contributed by atoms with Gasteiger partial charge in [-0.3, -0.25) is 0 Å². The lowest BCUT2D eigenvalue weighted by Crippen LogP contribution is -2.24. The SMILES string of the molecule is COc1c(C(C)(C)C)cc([P]c2cc(C(C)(C)C)c(OC)c(C(C)(C)C)c2)cc1C(C)(C)C. The Morgan fingerprint density at radius 2 is 0.667 bits per heavy atom. The molecule has 0 amide bonds. The average Bonchev–Trinajstić information content (AvgIpc) is 2.63. The molecule has 2 aromatic rings. The van der Waals surface area contributed by atoms with E-state index in [0.29, 0.717) is 0 Å². The van der Waals surface area contributed by atoms with Crippen molar-refractivity contribution in [3.63, 3.8) is 0 Å². The molecule has 2 rings (SSSR count). The van der Waals surface area contributed by atoms with Gasteiger partial charge >= 0.3 is 0 Å². The van der Waals surface area contributed by atoms with E-state index in [0.717, 1.165) is 11.5 Å². The Kier molecular flexibility index (Phi) is 7.77. The quantitative estimate of drug-likeness (QED) is 0.426. The van der Waals surface area contributed by atoms with Crippen LogP contribution in [0, 0.1) is 0 Å². The Bertz CT molecular complexity index is 838. The molecule has 0 spiro atoms. The molecular formula is C30H46O2P. The van der Waals surface area contributed by atoms with Crippen LogP contribution in [0.4, 0.5) is 0 Å². The largest absolute Gasteiger partial charge is 0.496 e. The Morgan fingerprint density at radius 1 is 0.455 bits per heavy atom. The van der Waals surface area contributed by atoms with Crippen LogP contribution in [0.5, 0.6) is 11.5 Å². The zero-order chi connectivity index (χ0) is 25.6. The monoisotopic (exact) mass is 469 g/mol. The van der Waals surface area contributed by atoms with Crippen LogP contribution < -0.4 is 20.1 Å². The van der Waals surface area contributed by atoms with Crippen LogP contribution in [-0.2, 0) is 21.7 Å². The van der Waals surface area contributed by atoms with Crippen molar-refractivity contribution in [1.29, 1.82) is 0 Å². The second-order valence-electron chi connectivity index (χ2n) is 13.3. The maximum absolute atomic E-state index is 5.97. The fraction of sp³-hybridized carbons (Fsp3) is 0.600.